The molecule has 4 rings (SSSR count). The lowest BCUT2D eigenvalue weighted by atomic mass is 9.58. The molecule has 2 saturated carbocycles. The van der Waals surface area contributed by atoms with Crippen molar-refractivity contribution in [3.05, 3.63) is 35.9 Å². The van der Waals surface area contributed by atoms with E-state index in [1.165, 1.54) is 0 Å². The normalized spacial score (nSPS) is 29.0. The van der Waals surface area contributed by atoms with Gasteiger partial charge in [-0.3, -0.25) is 9.59 Å². The van der Waals surface area contributed by atoms with Crippen LogP contribution in [-0.4, -0.2) is 11.8 Å². The number of esters is 1. The first-order valence-electron chi connectivity index (χ1n) is 9.00. The standard InChI is InChI=1S/C20H24O3/c21-17-19(11-7-8-12-19)16(15-9-3-1-4-10-15)23-18(22)20(17)13-5-2-6-14-20/h1,3-4,9-10,16H,2,5-8,11-14H2/t16-/m1/s1. The average molecular weight is 312 g/mol. The van der Waals surface area contributed by atoms with Gasteiger partial charge in [0, 0.05) is 0 Å². The van der Waals surface area contributed by atoms with Crippen molar-refractivity contribution >= 4 is 11.8 Å². The molecular weight excluding hydrogens is 288 g/mol. The fraction of sp³-hybridized carbons (Fsp3) is 0.600. The molecule has 3 aliphatic rings. The molecule has 3 nitrogen and oxygen atoms in total. The first-order valence-corrected chi connectivity index (χ1v) is 9.00. The number of carbonyl (C=O) groups is 2. The number of hydrogen-bond donors (Lipinski definition) is 0. The molecule has 3 fully saturated rings. The van der Waals surface area contributed by atoms with E-state index in [4.69, 9.17) is 4.74 Å². The van der Waals surface area contributed by atoms with Crippen LogP contribution in [0.25, 0.3) is 0 Å². The highest BCUT2D eigenvalue weighted by atomic mass is 16.5. The smallest absolute Gasteiger partial charge is 0.320 e. The lowest BCUT2D eigenvalue weighted by Crippen LogP contribution is -2.57. The highest BCUT2D eigenvalue weighted by Crippen LogP contribution is 2.59. The molecule has 1 saturated heterocycles. The summed E-state index contributed by atoms with van der Waals surface area (Å²) >= 11 is 0. The fourth-order valence-electron chi connectivity index (χ4n) is 5.12. The zero-order valence-corrected chi connectivity index (χ0v) is 13.6. The van der Waals surface area contributed by atoms with E-state index < -0.39 is 16.9 Å². The van der Waals surface area contributed by atoms with Gasteiger partial charge in [0.25, 0.3) is 0 Å². The molecule has 0 aromatic heterocycles. The number of rotatable bonds is 1. The highest BCUT2D eigenvalue weighted by molar-refractivity contribution is 6.09. The van der Waals surface area contributed by atoms with Crippen LogP contribution in [0.2, 0.25) is 0 Å². The summed E-state index contributed by atoms with van der Waals surface area (Å²) in [5, 5.41) is 0. The van der Waals surface area contributed by atoms with Gasteiger partial charge < -0.3 is 4.74 Å². The van der Waals surface area contributed by atoms with Gasteiger partial charge in [0.2, 0.25) is 0 Å². The third-order valence-corrected chi connectivity index (χ3v) is 6.31. The van der Waals surface area contributed by atoms with Crippen LogP contribution in [-0.2, 0) is 14.3 Å². The van der Waals surface area contributed by atoms with Gasteiger partial charge in [-0.1, -0.05) is 62.4 Å². The van der Waals surface area contributed by atoms with E-state index in [-0.39, 0.29) is 11.8 Å². The Labute approximate surface area is 137 Å². The minimum atomic E-state index is -0.839. The number of hydrogen-bond acceptors (Lipinski definition) is 3. The number of Topliss-reactive ketones (excluding diaryl/α,β-unsaturated/α-hetero) is 1. The minimum Gasteiger partial charge on any atom is -0.456 e. The van der Waals surface area contributed by atoms with Crippen LogP contribution in [0.1, 0.15) is 69.5 Å². The van der Waals surface area contributed by atoms with Gasteiger partial charge in [0.15, 0.2) is 5.78 Å². The molecule has 2 spiro atoms. The molecule has 2 aliphatic carbocycles. The highest BCUT2D eigenvalue weighted by Gasteiger charge is 2.64. The van der Waals surface area contributed by atoms with Crippen LogP contribution in [0.4, 0.5) is 0 Å². The maximum atomic E-state index is 13.6. The van der Waals surface area contributed by atoms with Gasteiger partial charge in [-0.05, 0) is 31.2 Å². The van der Waals surface area contributed by atoms with Crippen LogP contribution in [0.3, 0.4) is 0 Å². The molecule has 1 heterocycles. The summed E-state index contributed by atoms with van der Waals surface area (Å²) in [4.78, 5) is 26.5. The Morgan fingerprint density at radius 1 is 0.826 bits per heavy atom. The number of benzene rings is 1. The molecule has 122 valence electrons. The lowest BCUT2D eigenvalue weighted by molar-refractivity contribution is -0.194. The van der Waals surface area contributed by atoms with Crippen molar-refractivity contribution in [2.75, 3.05) is 0 Å². The molecule has 3 heteroatoms. The lowest BCUT2D eigenvalue weighted by Gasteiger charge is -2.49. The maximum Gasteiger partial charge on any atom is 0.320 e. The molecule has 1 aliphatic heterocycles. The molecule has 0 amide bonds. The summed E-state index contributed by atoms with van der Waals surface area (Å²) in [5.41, 5.74) is -0.345. The molecular formula is C20H24O3. The minimum absolute atomic E-state index is 0.201. The summed E-state index contributed by atoms with van der Waals surface area (Å²) in [6.45, 7) is 0. The second-order valence-electron chi connectivity index (χ2n) is 7.53. The number of ether oxygens (including phenoxy) is 1. The number of ketones is 1. The van der Waals surface area contributed by atoms with E-state index in [0.717, 1.165) is 50.5 Å². The molecule has 1 atom stereocenters. The molecule has 0 bridgehead atoms. The Hall–Kier alpha value is -1.64. The topological polar surface area (TPSA) is 43.4 Å². The first-order chi connectivity index (χ1) is 11.2. The van der Waals surface area contributed by atoms with Gasteiger partial charge in [-0.2, -0.15) is 0 Å². The molecule has 1 aromatic rings. The van der Waals surface area contributed by atoms with Crippen molar-refractivity contribution in [2.24, 2.45) is 10.8 Å². The summed E-state index contributed by atoms with van der Waals surface area (Å²) < 4.78 is 6.01. The molecule has 0 radical (unpaired) electrons. The third-order valence-electron chi connectivity index (χ3n) is 6.31. The van der Waals surface area contributed by atoms with Gasteiger partial charge >= 0.3 is 5.97 Å². The second-order valence-corrected chi connectivity index (χ2v) is 7.53. The van der Waals surface area contributed by atoms with Gasteiger partial charge in [0.1, 0.15) is 11.5 Å². The SMILES string of the molecule is O=C1O[C@H](c2ccccc2)C2(CCCC2)C(=O)C12CCCCC2. The maximum absolute atomic E-state index is 13.6. The monoisotopic (exact) mass is 312 g/mol. The third kappa shape index (κ3) is 2.09. The van der Waals surface area contributed by atoms with Crippen molar-refractivity contribution < 1.29 is 14.3 Å². The van der Waals surface area contributed by atoms with Crippen LogP contribution in [0, 0.1) is 10.8 Å². The Morgan fingerprint density at radius 2 is 1.43 bits per heavy atom. The van der Waals surface area contributed by atoms with Crippen molar-refractivity contribution in [2.45, 2.75) is 63.9 Å². The predicted octanol–water partition coefficient (Wildman–Crippen LogP) is 4.36. The van der Waals surface area contributed by atoms with Crippen LogP contribution in [0.5, 0.6) is 0 Å². The van der Waals surface area contributed by atoms with E-state index in [0.29, 0.717) is 12.8 Å². The summed E-state index contributed by atoms with van der Waals surface area (Å²) in [6.07, 6.45) is 7.88. The van der Waals surface area contributed by atoms with E-state index in [1.807, 2.05) is 30.3 Å². The fourth-order valence-corrected chi connectivity index (χ4v) is 5.12. The molecule has 0 unspecified atom stereocenters. The van der Waals surface area contributed by atoms with Crippen molar-refractivity contribution in [1.29, 1.82) is 0 Å². The zero-order chi connectivity index (χ0) is 15.9. The second kappa shape index (κ2) is 5.47. The van der Waals surface area contributed by atoms with E-state index in [1.54, 1.807) is 0 Å². The van der Waals surface area contributed by atoms with Gasteiger partial charge in [-0.15, -0.1) is 0 Å². The zero-order valence-electron chi connectivity index (χ0n) is 13.6. The van der Waals surface area contributed by atoms with Crippen LogP contribution >= 0.6 is 0 Å². The number of carbonyl (C=O) groups excluding carboxylic acids is 2. The average Bonchev–Trinajstić information content (AvgIpc) is 3.09. The van der Waals surface area contributed by atoms with Crippen LogP contribution in [0.15, 0.2) is 30.3 Å². The Kier molecular flexibility index (Phi) is 3.55. The Morgan fingerprint density at radius 3 is 2.09 bits per heavy atom. The van der Waals surface area contributed by atoms with Gasteiger partial charge in [-0.25, -0.2) is 0 Å². The molecule has 1 aromatic carbocycles. The number of cyclic esters (lactones) is 1. The molecule has 0 N–H and O–H groups in total. The summed E-state index contributed by atoms with van der Waals surface area (Å²) in [6, 6.07) is 9.86. The summed E-state index contributed by atoms with van der Waals surface area (Å²) in [7, 11) is 0. The van der Waals surface area contributed by atoms with Crippen LogP contribution < -0.4 is 0 Å². The Bertz CT molecular complexity index is 607. The molecule has 23 heavy (non-hydrogen) atoms. The van der Waals surface area contributed by atoms with E-state index >= 15 is 0 Å². The van der Waals surface area contributed by atoms with Crippen molar-refractivity contribution in [1.82, 2.24) is 0 Å². The first kappa shape index (κ1) is 14.9. The quantitative estimate of drug-likeness (QED) is 0.571. The van der Waals surface area contributed by atoms with E-state index in [9.17, 15) is 9.59 Å². The summed E-state index contributed by atoms with van der Waals surface area (Å²) in [5.74, 6) is -0.0547. The van der Waals surface area contributed by atoms with Gasteiger partial charge in [0.05, 0.1) is 5.41 Å². The Balaban J connectivity index is 1.79. The predicted molar refractivity (Wildman–Crippen MR) is 86.7 cm³/mol. The van der Waals surface area contributed by atoms with E-state index in [2.05, 4.69) is 0 Å². The largest absolute Gasteiger partial charge is 0.456 e. The van der Waals surface area contributed by atoms with Crippen molar-refractivity contribution in [3.63, 3.8) is 0 Å². The van der Waals surface area contributed by atoms with Crippen molar-refractivity contribution in [3.8, 4) is 0 Å².